The Morgan fingerprint density at radius 2 is 1.81 bits per heavy atom. The molecule has 0 heteroatoms. The van der Waals surface area contributed by atoms with E-state index in [9.17, 15) is 0 Å². The van der Waals surface area contributed by atoms with Gasteiger partial charge < -0.3 is 0 Å². The molecular weight excluding hydrogens is 192 g/mol. The van der Waals surface area contributed by atoms with E-state index in [1.807, 2.05) is 0 Å². The quantitative estimate of drug-likeness (QED) is 0.481. The third-order valence-corrected chi connectivity index (χ3v) is 6.70. The highest BCUT2D eigenvalue weighted by Crippen LogP contribution is 2.67. The molecule has 0 radical (unpaired) electrons. The van der Waals surface area contributed by atoms with Crippen LogP contribution in [0.2, 0.25) is 0 Å². The molecule has 0 amide bonds. The maximum absolute atomic E-state index is 2.57. The lowest BCUT2D eigenvalue weighted by Gasteiger charge is -2.39. The molecule has 0 aromatic heterocycles. The summed E-state index contributed by atoms with van der Waals surface area (Å²) in [6.45, 7) is 4.89. The summed E-state index contributed by atoms with van der Waals surface area (Å²) in [4.78, 5) is 0. The fraction of sp³-hybridized carbons (Fsp3) is 0.875. The van der Waals surface area contributed by atoms with Gasteiger partial charge in [-0.25, -0.2) is 0 Å². The molecule has 0 aliphatic heterocycles. The van der Waals surface area contributed by atoms with Crippen LogP contribution in [0.4, 0.5) is 0 Å². The fourth-order valence-corrected chi connectivity index (χ4v) is 6.02. The van der Waals surface area contributed by atoms with Crippen molar-refractivity contribution in [1.29, 1.82) is 0 Å². The van der Waals surface area contributed by atoms with Crippen LogP contribution in [0.25, 0.3) is 0 Å². The molecule has 8 atom stereocenters. The molecule has 0 aromatic carbocycles. The monoisotopic (exact) mass is 216 g/mol. The average Bonchev–Trinajstić information content (AvgIpc) is 3.03. The van der Waals surface area contributed by atoms with E-state index in [4.69, 9.17) is 0 Å². The second-order valence-electron chi connectivity index (χ2n) is 7.05. The van der Waals surface area contributed by atoms with E-state index in [-0.39, 0.29) is 0 Å². The van der Waals surface area contributed by atoms with Gasteiger partial charge >= 0.3 is 0 Å². The predicted molar refractivity (Wildman–Crippen MR) is 66.9 cm³/mol. The highest BCUT2D eigenvalue weighted by Gasteiger charge is 2.61. The molecule has 0 aromatic rings. The van der Waals surface area contributed by atoms with Crippen molar-refractivity contribution < 1.29 is 0 Å². The second kappa shape index (κ2) is 3.15. The molecule has 4 rings (SSSR count). The van der Waals surface area contributed by atoms with Crippen molar-refractivity contribution in [3.8, 4) is 0 Å². The third kappa shape index (κ3) is 1.02. The SMILES string of the molecule is CCC(C)C1CC2CC1C1C3C=CC(C3)C21. The van der Waals surface area contributed by atoms with Crippen LogP contribution in [-0.4, -0.2) is 0 Å². The van der Waals surface area contributed by atoms with Gasteiger partial charge in [0.15, 0.2) is 0 Å². The molecular formula is C16H24. The fourth-order valence-electron chi connectivity index (χ4n) is 6.02. The van der Waals surface area contributed by atoms with Gasteiger partial charge in [-0.2, -0.15) is 0 Å². The molecule has 3 saturated carbocycles. The van der Waals surface area contributed by atoms with E-state index in [1.165, 1.54) is 12.8 Å². The number of allylic oxidation sites excluding steroid dienone is 2. The second-order valence-corrected chi connectivity index (χ2v) is 7.05. The maximum Gasteiger partial charge on any atom is -0.0194 e. The highest BCUT2D eigenvalue weighted by molar-refractivity contribution is 5.20. The summed E-state index contributed by atoms with van der Waals surface area (Å²) < 4.78 is 0. The Labute approximate surface area is 99.5 Å². The summed E-state index contributed by atoms with van der Waals surface area (Å²) in [5, 5.41) is 0. The van der Waals surface area contributed by atoms with Crippen LogP contribution < -0.4 is 0 Å². The van der Waals surface area contributed by atoms with E-state index >= 15 is 0 Å². The molecule has 0 spiro atoms. The Hall–Kier alpha value is -0.260. The normalized spacial score (nSPS) is 58.2. The van der Waals surface area contributed by atoms with Gasteiger partial charge in [0.2, 0.25) is 0 Å². The lowest BCUT2D eigenvalue weighted by atomic mass is 9.66. The number of hydrogen-bond donors (Lipinski definition) is 0. The lowest BCUT2D eigenvalue weighted by molar-refractivity contribution is 0.113. The maximum atomic E-state index is 2.57. The van der Waals surface area contributed by atoms with Gasteiger partial charge in [0.1, 0.15) is 0 Å². The third-order valence-electron chi connectivity index (χ3n) is 6.70. The van der Waals surface area contributed by atoms with Crippen LogP contribution in [0.5, 0.6) is 0 Å². The first-order valence-corrected chi connectivity index (χ1v) is 7.48. The minimum atomic E-state index is 0.985. The summed E-state index contributed by atoms with van der Waals surface area (Å²) in [6, 6.07) is 0. The van der Waals surface area contributed by atoms with Crippen LogP contribution in [0.15, 0.2) is 12.2 Å². The van der Waals surface area contributed by atoms with Crippen LogP contribution in [0, 0.1) is 47.3 Å². The molecule has 3 fully saturated rings. The minimum absolute atomic E-state index is 0.985. The first-order valence-electron chi connectivity index (χ1n) is 7.48. The van der Waals surface area contributed by atoms with E-state index < -0.39 is 0 Å². The Bertz CT molecular complexity index is 329. The van der Waals surface area contributed by atoms with Gasteiger partial charge in [-0.05, 0) is 66.6 Å². The molecule has 0 heterocycles. The van der Waals surface area contributed by atoms with E-state index in [0.29, 0.717) is 0 Å². The zero-order chi connectivity index (χ0) is 10.9. The molecule has 0 saturated heterocycles. The van der Waals surface area contributed by atoms with Gasteiger partial charge in [0.05, 0.1) is 0 Å². The van der Waals surface area contributed by atoms with Crippen molar-refractivity contribution in [3.63, 3.8) is 0 Å². The molecule has 8 unspecified atom stereocenters. The molecule has 4 aliphatic rings. The average molecular weight is 216 g/mol. The summed E-state index contributed by atoms with van der Waals surface area (Å²) in [6.07, 6.45) is 11.2. The summed E-state index contributed by atoms with van der Waals surface area (Å²) in [7, 11) is 0. The zero-order valence-corrected chi connectivity index (χ0v) is 10.6. The van der Waals surface area contributed by atoms with Crippen molar-refractivity contribution in [1.82, 2.24) is 0 Å². The van der Waals surface area contributed by atoms with Crippen LogP contribution in [-0.2, 0) is 0 Å². The van der Waals surface area contributed by atoms with Gasteiger partial charge in [-0.1, -0.05) is 32.4 Å². The van der Waals surface area contributed by atoms with Crippen molar-refractivity contribution in [3.05, 3.63) is 12.2 Å². The topological polar surface area (TPSA) is 0 Å². The smallest absolute Gasteiger partial charge is 0.0194 e. The predicted octanol–water partition coefficient (Wildman–Crippen LogP) is 4.13. The van der Waals surface area contributed by atoms with Gasteiger partial charge in [-0.15, -0.1) is 0 Å². The largest absolute Gasteiger partial charge is 0.0848 e. The summed E-state index contributed by atoms with van der Waals surface area (Å²) in [5.41, 5.74) is 0. The minimum Gasteiger partial charge on any atom is -0.0848 e. The van der Waals surface area contributed by atoms with Crippen LogP contribution in [0.3, 0.4) is 0 Å². The van der Waals surface area contributed by atoms with E-state index in [2.05, 4.69) is 26.0 Å². The van der Waals surface area contributed by atoms with E-state index in [1.54, 1.807) is 12.8 Å². The zero-order valence-electron chi connectivity index (χ0n) is 10.6. The van der Waals surface area contributed by atoms with Crippen LogP contribution >= 0.6 is 0 Å². The van der Waals surface area contributed by atoms with Crippen LogP contribution in [0.1, 0.15) is 39.5 Å². The van der Waals surface area contributed by atoms with Crippen molar-refractivity contribution in [2.45, 2.75) is 39.5 Å². The molecule has 0 N–H and O–H groups in total. The van der Waals surface area contributed by atoms with E-state index in [0.717, 1.165) is 47.3 Å². The first kappa shape index (κ1) is 9.74. The van der Waals surface area contributed by atoms with Gasteiger partial charge in [0, 0.05) is 0 Å². The standard InChI is InChI=1S/C16H24/c1-3-9(2)13-7-12-8-14(13)16-11-5-4-10(6-11)15(12)16/h4-5,9-16H,3,6-8H2,1-2H3. The van der Waals surface area contributed by atoms with Gasteiger partial charge in [0.25, 0.3) is 0 Å². The lowest BCUT2D eigenvalue weighted by Crippen LogP contribution is -2.33. The number of rotatable bonds is 2. The molecule has 4 aliphatic carbocycles. The first-order chi connectivity index (χ1) is 7.79. The van der Waals surface area contributed by atoms with Crippen molar-refractivity contribution in [2.75, 3.05) is 0 Å². The molecule has 0 nitrogen and oxygen atoms in total. The Morgan fingerprint density at radius 1 is 1.06 bits per heavy atom. The van der Waals surface area contributed by atoms with Crippen molar-refractivity contribution in [2.24, 2.45) is 47.3 Å². The summed E-state index contributed by atoms with van der Waals surface area (Å²) in [5.74, 6) is 8.55. The molecule has 4 bridgehead atoms. The van der Waals surface area contributed by atoms with Gasteiger partial charge in [-0.3, -0.25) is 0 Å². The number of fused-ring (bicyclic) bond motifs is 9. The Morgan fingerprint density at radius 3 is 2.56 bits per heavy atom. The highest BCUT2D eigenvalue weighted by atomic mass is 14.7. The molecule has 88 valence electrons. The number of hydrogen-bond acceptors (Lipinski definition) is 0. The molecule has 16 heavy (non-hydrogen) atoms. The van der Waals surface area contributed by atoms with Crippen molar-refractivity contribution >= 4 is 0 Å². The summed E-state index contributed by atoms with van der Waals surface area (Å²) >= 11 is 0. The Balaban J connectivity index is 1.63. The Kier molecular flexibility index (Phi) is 1.91.